The molecule has 4 nitrogen and oxygen atoms in total. The van der Waals surface area contributed by atoms with Crippen molar-refractivity contribution in [2.75, 3.05) is 0 Å². The van der Waals surface area contributed by atoms with Crippen molar-refractivity contribution in [2.24, 2.45) is 10.2 Å². The predicted octanol–water partition coefficient (Wildman–Crippen LogP) is 4.89. The highest BCUT2D eigenvalue weighted by Crippen LogP contribution is 2.35. The fourth-order valence-corrected chi connectivity index (χ4v) is 3.48. The predicted molar refractivity (Wildman–Crippen MR) is 104 cm³/mol. The number of nitroso groups, excluding NO2 is 2. The van der Waals surface area contributed by atoms with E-state index in [0.717, 1.165) is 32.7 Å². The van der Waals surface area contributed by atoms with Crippen molar-refractivity contribution in [2.45, 2.75) is 0 Å². The standard InChI is InChI=1S/C20H13BN2O2/c24-22-21(23-25)20-17-12-6-4-10-15(17)19(14-8-2-1-3-9-14)16-11-5-7-13-18(16)20/h1-13H. The number of hydrogen-bond acceptors (Lipinski definition) is 4. The summed E-state index contributed by atoms with van der Waals surface area (Å²) >= 11 is 0. The molecule has 25 heavy (non-hydrogen) atoms. The second-order valence-corrected chi connectivity index (χ2v) is 5.83. The summed E-state index contributed by atoms with van der Waals surface area (Å²) < 4.78 is 0. The van der Waals surface area contributed by atoms with E-state index in [0.29, 0.717) is 5.46 Å². The van der Waals surface area contributed by atoms with Gasteiger partial charge in [-0.3, -0.25) is 0 Å². The van der Waals surface area contributed by atoms with Crippen LogP contribution >= 0.6 is 0 Å². The van der Waals surface area contributed by atoms with Gasteiger partial charge < -0.3 is 0 Å². The number of nitrogens with zero attached hydrogens (tertiary/aromatic N) is 2. The van der Waals surface area contributed by atoms with Crippen LogP contribution in [0.4, 0.5) is 0 Å². The van der Waals surface area contributed by atoms with Gasteiger partial charge in [0.15, 0.2) is 0 Å². The van der Waals surface area contributed by atoms with Gasteiger partial charge in [0.25, 0.3) is 0 Å². The first-order valence-electron chi connectivity index (χ1n) is 7.99. The number of rotatable bonds is 4. The van der Waals surface area contributed by atoms with Crippen LogP contribution in [-0.4, -0.2) is 6.98 Å². The summed E-state index contributed by atoms with van der Waals surface area (Å²) in [5.74, 6) is 0. The zero-order chi connectivity index (χ0) is 17.2. The summed E-state index contributed by atoms with van der Waals surface area (Å²) in [6.45, 7) is -1.26. The molecule has 0 aromatic heterocycles. The maximum absolute atomic E-state index is 11.2. The summed E-state index contributed by atoms with van der Waals surface area (Å²) in [5.41, 5.74) is 2.72. The molecule has 0 amide bonds. The highest BCUT2D eigenvalue weighted by atomic mass is 16.3. The molecule has 4 aromatic rings. The van der Waals surface area contributed by atoms with Crippen LogP contribution in [0.15, 0.2) is 89.0 Å². The minimum atomic E-state index is -1.26. The fourth-order valence-electron chi connectivity index (χ4n) is 3.48. The van der Waals surface area contributed by atoms with Gasteiger partial charge >= 0.3 is 6.98 Å². The monoisotopic (exact) mass is 324 g/mol. The Morgan fingerprint density at radius 1 is 0.560 bits per heavy atom. The molecule has 4 aromatic carbocycles. The summed E-state index contributed by atoms with van der Waals surface area (Å²) in [6, 6.07) is 25.6. The molecule has 0 aliphatic rings. The third kappa shape index (κ3) is 2.41. The van der Waals surface area contributed by atoms with Gasteiger partial charge in [-0.25, -0.2) is 0 Å². The fraction of sp³-hybridized carbons (Fsp3) is 0. The molecule has 0 fully saturated rings. The normalized spacial score (nSPS) is 10.7. The quantitative estimate of drug-likeness (QED) is 0.305. The number of fused-ring (bicyclic) bond motifs is 2. The first kappa shape index (κ1) is 15.2. The molecule has 0 bridgehead atoms. The minimum absolute atomic E-state index is 0.566. The van der Waals surface area contributed by atoms with E-state index in [1.807, 2.05) is 66.7 Å². The van der Waals surface area contributed by atoms with Gasteiger partial charge in [0, 0.05) is 0 Å². The largest absolute Gasteiger partial charge is 0.549 e. The van der Waals surface area contributed by atoms with Gasteiger partial charge in [0.1, 0.15) is 0 Å². The molecule has 0 radical (unpaired) electrons. The zero-order valence-electron chi connectivity index (χ0n) is 13.3. The van der Waals surface area contributed by atoms with Crippen molar-refractivity contribution < 1.29 is 0 Å². The average molecular weight is 324 g/mol. The van der Waals surface area contributed by atoms with Crippen molar-refractivity contribution in [1.82, 2.24) is 0 Å². The van der Waals surface area contributed by atoms with Crippen LogP contribution < -0.4 is 5.46 Å². The van der Waals surface area contributed by atoms with Crippen LogP contribution in [0.25, 0.3) is 32.7 Å². The molecule has 4 rings (SSSR count). The van der Waals surface area contributed by atoms with Crippen LogP contribution in [0.3, 0.4) is 0 Å². The van der Waals surface area contributed by atoms with Gasteiger partial charge in [-0.1, -0.05) is 89.0 Å². The molecule has 0 aliphatic carbocycles. The van der Waals surface area contributed by atoms with E-state index < -0.39 is 6.98 Å². The van der Waals surface area contributed by atoms with Crippen molar-refractivity contribution in [3.8, 4) is 11.1 Å². The molecule has 0 N–H and O–H groups in total. The molecular formula is C20H13BN2O2. The van der Waals surface area contributed by atoms with Crippen molar-refractivity contribution in [3.05, 3.63) is 88.7 Å². The van der Waals surface area contributed by atoms with E-state index in [9.17, 15) is 9.81 Å². The lowest BCUT2D eigenvalue weighted by atomic mass is 9.66. The molecule has 0 aliphatic heterocycles. The molecule has 5 heteroatoms. The van der Waals surface area contributed by atoms with E-state index >= 15 is 0 Å². The van der Waals surface area contributed by atoms with Gasteiger partial charge in [-0.2, -0.15) is 9.81 Å². The van der Waals surface area contributed by atoms with Gasteiger partial charge in [-0.05, 0) is 38.1 Å². The van der Waals surface area contributed by atoms with Crippen LogP contribution in [0.1, 0.15) is 0 Å². The van der Waals surface area contributed by atoms with Crippen LogP contribution in [-0.2, 0) is 0 Å². The highest BCUT2D eigenvalue weighted by Gasteiger charge is 2.28. The lowest BCUT2D eigenvalue weighted by molar-refractivity contribution is 1.59. The number of benzene rings is 4. The van der Waals surface area contributed by atoms with Crippen molar-refractivity contribution >= 4 is 34.0 Å². The third-order valence-corrected chi connectivity index (χ3v) is 4.49. The maximum Gasteiger partial charge on any atom is 0.549 e. The van der Waals surface area contributed by atoms with Gasteiger partial charge in [0.05, 0.1) is 0 Å². The van der Waals surface area contributed by atoms with Crippen LogP contribution in [0, 0.1) is 9.81 Å². The van der Waals surface area contributed by atoms with E-state index in [-0.39, 0.29) is 0 Å². The number of hydrogen-bond donors (Lipinski definition) is 0. The Kier molecular flexibility index (Phi) is 3.82. The Morgan fingerprint density at radius 3 is 1.48 bits per heavy atom. The molecule has 0 atom stereocenters. The van der Waals surface area contributed by atoms with Crippen LogP contribution in [0.5, 0.6) is 0 Å². The Balaban J connectivity index is 2.25. The van der Waals surface area contributed by atoms with E-state index in [4.69, 9.17) is 0 Å². The van der Waals surface area contributed by atoms with Crippen molar-refractivity contribution in [1.29, 1.82) is 0 Å². The van der Waals surface area contributed by atoms with Gasteiger partial charge in [0.2, 0.25) is 0 Å². The lowest BCUT2D eigenvalue weighted by Gasteiger charge is -2.16. The second-order valence-electron chi connectivity index (χ2n) is 5.83. The first-order valence-corrected chi connectivity index (χ1v) is 7.99. The van der Waals surface area contributed by atoms with Crippen LogP contribution in [0.2, 0.25) is 0 Å². The lowest BCUT2D eigenvalue weighted by Crippen LogP contribution is -2.27. The van der Waals surface area contributed by atoms with Gasteiger partial charge in [-0.15, -0.1) is 0 Å². The van der Waals surface area contributed by atoms with E-state index in [1.165, 1.54) is 0 Å². The minimum Gasteiger partial charge on any atom is -0.164 e. The first-order chi connectivity index (χ1) is 12.3. The Labute approximate surface area is 144 Å². The molecule has 0 unspecified atom stereocenters. The molecular weight excluding hydrogens is 311 g/mol. The molecule has 118 valence electrons. The molecule has 0 spiro atoms. The Morgan fingerprint density at radius 2 is 1.00 bits per heavy atom. The summed E-state index contributed by atoms with van der Waals surface area (Å²) in [5, 5.41) is 9.49. The molecule has 0 heterocycles. The summed E-state index contributed by atoms with van der Waals surface area (Å²) in [4.78, 5) is 22.5. The molecule has 0 saturated heterocycles. The average Bonchev–Trinajstić information content (AvgIpc) is 2.69. The third-order valence-electron chi connectivity index (χ3n) is 4.49. The van der Waals surface area contributed by atoms with E-state index in [2.05, 4.69) is 22.3 Å². The maximum atomic E-state index is 11.2. The SMILES string of the molecule is O=NB(N=O)c1c2ccccc2c(-c2ccccc2)c2ccccc12. The second kappa shape index (κ2) is 6.28. The highest BCUT2D eigenvalue weighted by molar-refractivity contribution is 6.75. The Bertz CT molecular complexity index is 1030. The topological polar surface area (TPSA) is 58.9 Å². The summed E-state index contributed by atoms with van der Waals surface area (Å²) in [7, 11) is 0. The zero-order valence-corrected chi connectivity index (χ0v) is 13.3. The Hall–Kier alpha value is -3.34. The van der Waals surface area contributed by atoms with Crippen molar-refractivity contribution in [3.63, 3.8) is 0 Å². The molecule has 0 saturated carbocycles. The smallest absolute Gasteiger partial charge is 0.164 e. The van der Waals surface area contributed by atoms with E-state index in [1.54, 1.807) is 0 Å². The summed E-state index contributed by atoms with van der Waals surface area (Å²) in [6.07, 6.45) is 0.